The van der Waals surface area contributed by atoms with Gasteiger partial charge < -0.3 is 15.2 Å². The first-order chi connectivity index (χ1) is 11.4. The van der Waals surface area contributed by atoms with Gasteiger partial charge in [-0.1, -0.05) is 23.5 Å². The minimum Gasteiger partial charge on any atom is -0.507 e. The van der Waals surface area contributed by atoms with E-state index >= 15 is 0 Å². The predicted octanol–water partition coefficient (Wildman–Crippen LogP) is 4.60. The Bertz CT molecular complexity index is 902. The monoisotopic (exact) mass is 342 g/mol. The lowest BCUT2D eigenvalue weighted by molar-refractivity contribution is -0.131. The number of benzene rings is 2. The van der Waals surface area contributed by atoms with Crippen LogP contribution in [0.3, 0.4) is 0 Å². The molecule has 3 aromatic rings. The third kappa shape index (κ3) is 2.80. The average molecular weight is 342 g/mol. The summed E-state index contributed by atoms with van der Waals surface area (Å²) in [5.41, 5.74) is 4.18. The third-order valence-corrected chi connectivity index (χ3v) is 5.07. The van der Waals surface area contributed by atoms with Gasteiger partial charge in [0.15, 0.2) is 10.9 Å². The van der Waals surface area contributed by atoms with Crippen LogP contribution in [0.4, 0.5) is 10.8 Å². The molecule has 0 unspecified atom stereocenters. The minimum atomic E-state index is -0.374. The fourth-order valence-electron chi connectivity index (χ4n) is 2.55. The van der Waals surface area contributed by atoms with Gasteiger partial charge in [-0.25, -0.2) is 4.98 Å². The largest absolute Gasteiger partial charge is 0.507 e. The van der Waals surface area contributed by atoms with Crippen molar-refractivity contribution >= 4 is 38.3 Å². The van der Waals surface area contributed by atoms with Crippen molar-refractivity contribution < 1.29 is 14.6 Å². The van der Waals surface area contributed by atoms with Crippen molar-refractivity contribution in [2.24, 2.45) is 0 Å². The lowest BCUT2D eigenvalue weighted by Gasteiger charge is -2.08. The number of anilines is 2. The van der Waals surface area contributed by atoms with E-state index in [1.807, 2.05) is 32.9 Å². The number of nitrogens with one attached hydrogen (secondary N) is 1. The number of fused-ring (bicyclic) bond motifs is 1. The lowest BCUT2D eigenvalue weighted by atomic mass is 10.0. The third-order valence-electron chi connectivity index (χ3n) is 3.98. The molecule has 0 bridgehead atoms. The Morgan fingerprint density at radius 3 is 2.58 bits per heavy atom. The number of aryl methyl sites for hydroxylation is 2. The molecule has 0 spiro atoms. The number of hydrogen-bond acceptors (Lipinski definition) is 6. The summed E-state index contributed by atoms with van der Waals surface area (Å²) in [6, 6.07) is 7.21. The van der Waals surface area contributed by atoms with Gasteiger partial charge in [-0.2, -0.15) is 0 Å². The lowest BCUT2D eigenvalue weighted by Crippen LogP contribution is -2.03. The predicted molar refractivity (Wildman–Crippen MR) is 96.5 cm³/mol. The number of hydrogen-bond donors (Lipinski definition) is 2. The highest BCUT2D eigenvalue weighted by molar-refractivity contribution is 7.22. The number of aromatic hydroxyl groups is 1. The van der Waals surface area contributed by atoms with E-state index in [1.54, 1.807) is 12.1 Å². The van der Waals surface area contributed by atoms with Gasteiger partial charge in [-0.3, -0.25) is 4.79 Å². The van der Waals surface area contributed by atoms with Crippen molar-refractivity contribution in [3.05, 3.63) is 41.0 Å². The Kier molecular flexibility index (Phi) is 4.15. The van der Waals surface area contributed by atoms with Crippen LogP contribution in [0.5, 0.6) is 11.5 Å². The molecule has 5 nitrogen and oxygen atoms in total. The topological polar surface area (TPSA) is 71.5 Å². The van der Waals surface area contributed by atoms with Crippen molar-refractivity contribution in [1.29, 1.82) is 0 Å². The summed E-state index contributed by atoms with van der Waals surface area (Å²) in [5.74, 6) is 0.396. The van der Waals surface area contributed by atoms with Crippen LogP contribution < -0.4 is 10.1 Å². The molecule has 0 aliphatic carbocycles. The summed E-state index contributed by atoms with van der Waals surface area (Å²) in [6.45, 7) is 7.10. The number of carbonyl (C=O) groups is 1. The fraction of sp³-hybridized carbons (Fsp3) is 0.222. The summed E-state index contributed by atoms with van der Waals surface area (Å²) in [5, 5.41) is 14.1. The molecular formula is C18H18N2O3S. The second-order valence-corrected chi connectivity index (χ2v) is 6.63. The van der Waals surface area contributed by atoms with E-state index < -0.39 is 0 Å². The maximum Gasteiger partial charge on any atom is 0.308 e. The Morgan fingerprint density at radius 1 is 1.17 bits per heavy atom. The maximum atomic E-state index is 11.2. The smallest absolute Gasteiger partial charge is 0.308 e. The number of esters is 1. The minimum absolute atomic E-state index is 0.315. The average Bonchev–Trinajstić information content (AvgIpc) is 2.96. The number of nitrogens with zero attached hydrogens (tertiary/aromatic N) is 1. The number of carbonyl (C=O) groups excluding carboxylic acids is 1. The van der Waals surface area contributed by atoms with Crippen LogP contribution in [0.2, 0.25) is 0 Å². The molecule has 0 radical (unpaired) electrons. The number of thiazole rings is 1. The van der Waals surface area contributed by atoms with Gasteiger partial charge in [0.05, 0.1) is 15.9 Å². The summed E-state index contributed by atoms with van der Waals surface area (Å²) >= 11 is 1.46. The van der Waals surface area contributed by atoms with Crippen molar-refractivity contribution in [1.82, 2.24) is 4.98 Å². The SMILES string of the molecule is CC(=O)Oc1ccccc1Nc1nc2c(C)c(C)c(O)c(C)c2s1. The van der Waals surface area contributed by atoms with E-state index in [9.17, 15) is 9.90 Å². The van der Waals surface area contributed by atoms with Gasteiger partial charge in [-0.15, -0.1) is 0 Å². The van der Waals surface area contributed by atoms with Crippen molar-refractivity contribution in [2.45, 2.75) is 27.7 Å². The van der Waals surface area contributed by atoms with Crippen LogP contribution in [-0.4, -0.2) is 16.1 Å². The molecule has 1 aromatic heterocycles. The number of rotatable bonds is 3. The van der Waals surface area contributed by atoms with E-state index in [4.69, 9.17) is 4.74 Å². The van der Waals surface area contributed by atoms with Crippen LogP contribution in [0.15, 0.2) is 24.3 Å². The molecule has 124 valence electrons. The first-order valence-corrected chi connectivity index (χ1v) is 8.34. The van der Waals surface area contributed by atoms with Crippen LogP contribution >= 0.6 is 11.3 Å². The molecule has 0 saturated heterocycles. The molecule has 2 aromatic carbocycles. The molecule has 3 rings (SSSR count). The van der Waals surface area contributed by atoms with Crippen LogP contribution in [-0.2, 0) is 4.79 Å². The molecule has 6 heteroatoms. The second-order valence-electron chi connectivity index (χ2n) is 5.64. The Morgan fingerprint density at radius 2 is 1.88 bits per heavy atom. The summed E-state index contributed by atoms with van der Waals surface area (Å²) in [6.07, 6.45) is 0. The molecule has 0 saturated carbocycles. The number of aromatic nitrogens is 1. The van der Waals surface area contributed by atoms with Gasteiger partial charge in [0.1, 0.15) is 5.75 Å². The van der Waals surface area contributed by atoms with E-state index in [2.05, 4.69) is 10.3 Å². The highest BCUT2D eigenvalue weighted by Gasteiger charge is 2.16. The van der Waals surface area contributed by atoms with Crippen LogP contribution in [0.1, 0.15) is 23.6 Å². The quantitative estimate of drug-likeness (QED) is 0.538. The Labute approximate surface area is 143 Å². The zero-order valence-electron chi connectivity index (χ0n) is 13.9. The molecule has 24 heavy (non-hydrogen) atoms. The normalized spacial score (nSPS) is 10.8. The van der Waals surface area contributed by atoms with Crippen molar-refractivity contribution in [3.8, 4) is 11.5 Å². The summed E-state index contributed by atoms with van der Waals surface area (Å²) in [4.78, 5) is 15.9. The number of phenols is 1. The number of para-hydroxylation sites is 2. The maximum absolute atomic E-state index is 11.2. The molecular weight excluding hydrogens is 324 g/mol. The van der Waals surface area contributed by atoms with Gasteiger partial charge in [-0.05, 0) is 44.0 Å². The van der Waals surface area contributed by atoms with E-state index in [0.29, 0.717) is 22.3 Å². The van der Waals surface area contributed by atoms with E-state index in [-0.39, 0.29) is 5.97 Å². The van der Waals surface area contributed by atoms with Crippen molar-refractivity contribution in [2.75, 3.05) is 5.32 Å². The molecule has 0 atom stereocenters. The summed E-state index contributed by atoms with van der Waals surface area (Å²) in [7, 11) is 0. The Hall–Kier alpha value is -2.60. The molecule has 0 fully saturated rings. The highest BCUT2D eigenvalue weighted by Crippen LogP contribution is 2.39. The zero-order valence-corrected chi connectivity index (χ0v) is 14.7. The number of phenolic OH excluding ortho intramolecular Hbond substituents is 1. The zero-order chi connectivity index (χ0) is 17.4. The first-order valence-electron chi connectivity index (χ1n) is 7.52. The van der Waals surface area contributed by atoms with Crippen molar-refractivity contribution in [3.63, 3.8) is 0 Å². The Balaban J connectivity index is 2.05. The first kappa shape index (κ1) is 16.3. The van der Waals surface area contributed by atoms with Gasteiger partial charge in [0.2, 0.25) is 0 Å². The summed E-state index contributed by atoms with van der Waals surface area (Å²) < 4.78 is 6.16. The van der Waals surface area contributed by atoms with Gasteiger partial charge in [0.25, 0.3) is 0 Å². The molecule has 1 heterocycles. The molecule has 2 N–H and O–H groups in total. The molecule has 0 aliphatic heterocycles. The van der Waals surface area contributed by atoms with Crippen LogP contribution in [0.25, 0.3) is 10.2 Å². The van der Waals surface area contributed by atoms with Crippen LogP contribution in [0, 0.1) is 20.8 Å². The number of ether oxygens (including phenoxy) is 1. The second kappa shape index (κ2) is 6.13. The van der Waals surface area contributed by atoms with E-state index in [0.717, 1.165) is 26.9 Å². The van der Waals surface area contributed by atoms with Gasteiger partial charge in [0, 0.05) is 12.5 Å². The standard InChI is InChI=1S/C18H18N2O3S/c1-9-10(2)16(22)11(3)17-15(9)20-18(24-17)19-13-7-5-6-8-14(13)23-12(4)21/h5-8,22H,1-4H3,(H,19,20). The fourth-order valence-corrected chi connectivity index (χ4v) is 3.59. The van der Waals surface area contributed by atoms with E-state index in [1.165, 1.54) is 18.3 Å². The highest BCUT2D eigenvalue weighted by atomic mass is 32.1. The molecule has 0 aliphatic rings. The molecule has 0 amide bonds. The van der Waals surface area contributed by atoms with Gasteiger partial charge >= 0.3 is 5.97 Å².